The van der Waals surface area contributed by atoms with Crippen molar-refractivity contribution in [1.29, 1.82) is 0 Å². The Morgan fingerprint density at radius 3 is 2.94 bits per heavy atom. The number of aromatic nitrogens is 1. The maximum atomic E-state index is 11.7. The Kier molecular flexibility index (Phi) is 3.69. The molecule has 0 aliphatic heterocycles. The topological polar surface area (TPSA) is 42.0 Å². The summed E-state index contributed by atoms with van der Waals surface area (Å²) in [6, 6.07) is 9.21. The molecule has 0 bridgehead atoms. The lowest BCUT2D eigenvalue weighted by Gasteiger charge is -2.02. The third-order valence-electron chi connectivity index (χ3n) is 1.95. The predicted molar refractivity (Wildman–Crippen MR) is 67.4 cm³/mol. The van der Waals surface area contributed by atoms with Crippen molar-refractivity contribution in [2.75, 3.05) is 0 Å². The number of pyridine rings is 1. The molecule has 1 N–H and O–H groups in total. The van der Waals surface area contributed by atoms with E-state index in [1.54, 1.807) is 29.5 Å². The third kappa shape index (κ3) is 2.90. The van der Waals surface area contributed by atoms with Gasteiger partial charge in [0, 0.05) is 4.88 Å². The molecule has 0 saturated carbocycles. The fourth-order valence-electron chi connectivity index (χ4n) is 1.21. The summed E-state index contributed by atoms with van der Waals surface area (Å²) >= 11 is 4.85. The van der Waals surface area contributed by atoms with E-state index < -0.39 is 0 Å². The highest BCUT2D eigenvalue weighted by Gasteiger charge is 2.06. The van der Waals surface area contributed by atoms with E-state index in [0.717, 1.165) is 4.88 Å². The molecule has 1 amide bonds. The molecular formula is C11H9BrN2OS. The molecule has 0 radical (unpaired) electrons. The van der Waals surface area contributed by atoms with Crippen LogP contribution in [0.2, 0.25) is 0 Å². The molecule has 16 heavy (non-hydrogen) atoms. The first kappa shape index (κ1) is 11.3. The van der Waals surface area contributed by atoms with E-state index in [4.69, 9.17) is 0 Å². The van der Waals surface area contributed by atoms with Crippen LogP contribution in [0.3, 0.4) is 0 Å². The minimum Gasteiger partial charge on any atom is -0.346 e. The highest BCUT2D eigenvalue weighted by molar-refractivity contribution is 9.10. The van der Waals surface area contributed by atoms with Gasteiger partial charge in [-0.25, -0.2) is 4.98 Å². The maximum absolute atomic E-state index is 11.7. The molecule has 0 spiro atoms. The molecule has 0 saturated heterocycles. The number of hydrogen-bond donors (Lipinski definition) is 1. The van der Waals surface area contributed by atoms with Gasteiger partial charge in [0.25, 0.3) is 5.91 Å². The molecule has 0 aliphatic rings. The van der Waals surface area contributed by atoms with Crippen LogP contribution in [0, 0.1) is 0 Å². The number of halogens is 1. The highest BCUT2D eigenvalue weighted by Crippen LogP contribution is 2.09. The quantitative estimate of drug-likeness (QED) is 0.885. The second kappa shape index (κ2) is 5.23. The smallest absolute Gasteiger partial charge is 0.270 e. The molecule has 0 aliphatic carbocycles. The Balaban J connectivity index is 1.98. The van der Waals surface area contributed by atoms with E-state index in [2.05, 4.69) is 26.2 Å². The number of rotatable bonds is 3. The molecule has 0 aromatic carbocycles. The van der Waals surface area contributed by atoms with Crippen molar-refractivity contribution in [2.24, 2.45) is 0 Å². The van der Waals surface area contributed by atoms with E-state index in [1.165, 1.54) is 0 Å². The van der Waals surface area contributed by atoms with Crippen LogP contribution in [-0.4, -0.2) is 10.9 Å². The highest BCUT2D eigenvalue weighted by atomic mass is 79.9. The second-order valence-corrected chi connectivity index (χ2v) is 4.95. The van der Waals surface area contributed by atoms with Gasteiger partial charge in [-0.3, -0.25) is 4.79 Å². The minimum atomic E-state index is -0.158. The van der Waals surface area contributed by atoms with Gasteiger partial charge >= 0.3 is 0 Å². The number of thiophene rings is 1. The Bertz CT molecular complexity index is 484. The van der Waals surface area contributed by atoms with Gasteiger partial charge in [-0.2, -0.15) is 0 Å². The molecule has 2 heterocycles. The lowest BCUT2D eigenvalue weighted by atomic mass is 10.3. The average molecular weight is 297 g/mol. The molecule has 0 fully saturated rings. The predicted octanol–water partition coefficient (Wildman–Crippen LogP) is 2.84. The van der Waals surface area contributed by atoms with Crippen molar-refractivity contribution >= 4 is 33.2 Å². The van der Waals surface area contributed by atoms with Crippen LogP contribution in [-0.2, 0) is 6.54 Å². The Labute approximate surface area is 106 Å². The molecule has 82 valence electrons. The lowest BCUT2D eigenvalue weighted by Crippen LogP contribution is -2.23. The first-order chi connectivity index (χ1) is 7.75. The standard InChI is InChI=1S/C11H9BrN2OS/c12-10-5-1-4-9(14-10)11(15)13-7-8-3-2-6-16-8/h1-6H,7H2,(H,13,15). The van der Waals surface area contributed by atoms with Crippen molar-refractivity contribution in [1.82, 2.24) is 10.3 Å². The monoisotopic (exact) mass is 296 g/mol. The maximum Gasteiger partial charge on any atom is 0.270 e. The van der Waals surface area contributed by atoms with Gasteiger partial charge in [-0.15, -0.1) is 11.3 Å². The van der Waals surface area contributed by atoms with E-state index in [1.807, 2.05) is 17.5 Å². The number of nitrogens with one attached hydrogen (secondary N) is 1. The fraction of sp³-hybridized carbons (Fsp3) is 0.0909. The van der Waals surface area contributed by atoms with Gasteiger partial charge in [-0.1, -0.05) is 12.1 Å². The number of carbonyl (C=O) groups excluding carboxylic acids is 1. The molecule has 0 atom stereocenters. The number of carbonyl (C=O) groups is 1. The molecule has 3 nitrogen and oxygen atoms in total. The second-order valence-electron chi connectivity index (χ2n) is 3.11. The van der Waals surface area contributed by atoms with Crippen molar-refractivity contribution in [3.05, 3.63) is 50.9 Å². The molecule has 2 aromatic heterocycles. The third-order valence-corrected chi connectivity index (χ3v) is 3.27. The van der Waals surface area contributed by atoms with Gasteiger partial charge in [0.1, 0.15) is 10.3 Å². The van der Waals surface area contributed by atoms with Gasteiger partial charge in [-0.05, 0) is 39.5 Å². The summed E-state index contributed by atoms with van der Waals surface area (Å²) in [6.45, 7) is 0.546. The largest absolute Gasteiger partial charge is 0.346 e. The normalized spacial score (nSPS) is 10.1. The summed E-state index contributed by atoms with van der Waals surface area (Å²) in [6.07, 6.45) is 0. The average Bonchev–Trinajstić information content (AvgIpc) is 2.78. The van der Waals surface area contributed by atoms with Gasteiger partial charge in [0.05, 0.1) is 6.54 Å². The summed E-state index contributed by atoms with van der Waals surface area (Å²) in [5.41, 5.74) is 0.422. The minimum absolute atomic E-state index is 0.158. The molecule has 5 heteroatoms. The van der Waals surface area contributed by atoms with E-state index in [9.17, 15) is 4.79 Å². The Morgan fingerprint density at radius 2 is 2.25 bits per heavy atom. The van der Waals surface area contributed by atoms with E-state index in [0.29, 0.717) is 16.8 Å². The summed E-state index contributed by atoms with van der Waals surface area (Å²) in [5, 5.41) is 4.80. The van der Waals surface area contributed by atoms with Gasteiger partial charge in [0.2, 0.25) is 0 Å². The fourth-order valence-corrected chi connectivity index (χ4v) is 2.19. The zero-order valence-electron chi connectivity index (χ0n) is 8.31. The first-order valence-corrected chi connectivity index (χ1v) is 6.36. The van der Waals surface area contributed by atoms with Crippen LogP contribution < -0.4 is 5.32 Å². The van der Waals surface area contributed by atoms with Crippen molar-refractivity contribution in [3.63, 3.8) is 0 Å². The van der Waals surface area contributed by atoms with Crippen molar-refractivity contribution < 1.29 is 4.79 Å². The SMILES string of the molecule is O=C(NCc1cccs1)c1cccc(Br)n1. The molecule has 2 aromatic rings. The zero-order chi connectivity index (χ0) is 11.4. The number of amides is 1. The van der Waals surface area contributed by atoms with Gasteiger partial charge < -0.3 is 5.32 Å². The number of hydrogen-bond acceptors (Lipinski definition) is 3. The zero-order valence-corrected chi connectivity index (χ0v) is 10.7. The van der Waals surface area contributed by atoms with Crippen LogP contribution in [0.15, 0.2) is 40.3 Å². The summed E-state index contributed by atoms with van der Waals surface area (Å²) in [4.78, 5) is 16.9. The molecular weight excluding hydrogens is 288 g/mol. The van der Waals surface area contributed by atoms with Crippen LogP contribution in [0.25, 0.3) is 0 Å². The number of nitrogens with zero attached hydrogens (tertiary/aromatic N) is 1. The summed E-state index contributed by atoms with van der Waals surface area (Å²) in [7, 11) is 0. The lowest BCUT2D eigenvalue weighted by molar-refractivity contribution is 0.0946. The summed E-state index contributed by atoms with van der Waals surface area (Å²) in [5.74, 6) is -0.158. The van der Waals surface area contributed by atoms with Crippen LogP contribution in [0.4, 0.5) is 0 Å². The van der Waals surface area contributed by atoms with E-state index >= 15 is 0 Å². The van der Waals surface area contributed by atoms with Crippen molar-refractivity contribution in [2.45, 2.75) is 6.54 Å². The molecule has 0 unspecified atom stereocenters. The summed E-state index contributed by atoms with van der Waals surface area (Å²) < 4.78 is 0.663. The Hall–Kier alpha value is -1.20. The van der Waals surface area contributed by atoms with Crippen LogP contribution in [0.5, 0.6) is 0 Å². The van der Waals surface area contributed by atoms with Crippen LogP contribution >= 0.6 is 27.3 Å². The van der Waals surface area contributed by atoms with Crippen LogP contribution in [0.1, 0.15) is 15.4 Å². The Morgan fingerprint density at radius 1 is 1.38 bits per heavy atom. The van der Waals surface area contributed by atoms with Crippen molar-refractivity contribution in [3.8, 4) is 0 Å². The van der Waals surface area contributed by atoms with E-state index in [-0.39, 0.29) is 5.91 Å². The molecule has 2 rings (SSSR count). The first-order valence-electron chi connectivity index (χ1n) is 4.69. The van der Waals surface area contributed by atoms with Gasteiger partial charge in [0.15, 0.2) is 0 Å².